The number of aryl methyl sites for hydroxylation is 1. The minimum absolute atomic E-state index is 0.0513. The monoisotopic (exact) mass is 432 g/mol. The SMILES string of the molecule is Cc1ccc(C(=O)CC2SC(=Nc3ccc(O)cc3)N(c3ccc(O)cc3)C2=O)cc1. The zero-order chi connectivity index (χ0) is 22.0. The van der Waals surface area contributed by atoms with Crippen LogP contribution in [0.2, 0.25) is 0 Å². The standard InChI is InChI=1S/C24H20N2O4S/c1-15-2-4-16(5-3-15)21(29)14-22-23(30)26(18-8-12-20(28)13-9-18)24(31-22)25-17-6-10-19(27)11-7-17/h2-13,22,27-28H,14H2,1H3. The molecule has 0 aliphatic carbocycles. The lowest BCUT2D eigenvalue weighted by molar-refractivity contribution is -0.116. The zero-order valence-electron chi connectivity index (χ0n) is 16.7. The third-order valence-corrected chi connectivity index (χ3v) is 6.00. The lowest BCUT2D eigenvalue weighted by Gasteiger charge is -2.16. The molecule has 1 aliphatic heterocycles. The molecular weight excluding hydrogens is 412 g/mol. The predicted octanol–water partition coefficient (Wildman–Crippen LogP) is 4.82. The molecule has 0 saturated carbocycles. The first-order chi connectivity index (χ1) is 14.9. The van der Waals surface area contributed by atoms with Gasteiger partial charge in [0.05, 0.1) is 16.6 Å². The molecule has 0 spiro atoms. The number of hydrogen-bond donors (Lipinski definition) is 2. The number of rotatable bonds is 5. The Labute approximate surface area is 183 Å². The van der Waals surface area contributed by atoms with Gasteiger partial charge in [-0.05, 0) is 55.5 Å². The normalized spacial score (nSPS) is 17.3. The summed E-state index contributed by atoms with van der Waals surface area (Å²) in [6.07, 6.45) is 0.0513. The molecule has 3 aromatic carbocycles. The van der Waals surface area contributed by atoms with Crippen molar-refractivity contribution in [2.75, 3.05) is 4.90 Å². The van der Waals surface area contributed by atoms with Crippen molar-refractivity contribution in [2.24, 2.45) is 4.99 Å². The maximum Gasteiger partial charge on any atom is 0.247 e. The first kappa shape index (κ1) is 20.7. The molecule has 3 aromatic rings. The van der Waals surface area contributed by atoms with Gasteiger partial charge in [-0.25, -0.2) is 4.99 Å². The Balaban J connectivity index is 1.64. The summed E-state index contributed by atoms with van der Waals surface area (Å²) in [5, 5.41) is 18.9. The van der Waals surface area contributed by atoms with Crippen LogP contribution < -0.4 is 4.90 Å². The quantitative estimate of drug-likeness (QED) is 0.565. The molecule has 0 radical (unpaired) electrons. The topological polar surface area (TPSA) is 90.2 Å². The van der Waals surface area contributed by atoms with Crippen LogP contribution >= 0.6 is 11.8 Å². The molecule has 2 N–H and O–H groups in total. The first-order valence-electron chi connectivity index (χ1n) is 9.68. The third kappa shape index (κ3) is 4.62. The summed E-state index contributed by atoms with van der Waals surface area (Å²) in [7, 11) is 0. The molecule has 1 amide bonds. The number of aliphatic imine (C=N–C) groups is 1. The summed E-state index contributed by atoms with van der Waals surface area (Å²) in [5.74, 6) is -0.140. The number of phenols is 2. The Kier molecular flexibility index (Phi) is 5.77. The van der Waals surface area contributed by atoms with Gasteiger partial charge in [-0.3, -0.25) is 14.5 Å². The van der Waals surface area contributed by atoms with Crippen LogP contribution in [-0.2, 0) is 4.79 Å². The van der Waals surface area contributed by atoms with Gasteiger partial charge >= 0.3 is 0 Å². The lowest BCUT2D eigenvalue weighted by Crippen LogP contribution is -2.32. The smallest absolute Gasteiger partial charge is 0.247 e. The second-order valence-electron chi connectivity index (χ2n) is 7.20. The van der Waals surface area contributed by atoms with E-state index in [0.29, 0.717) is 22.1 Å². The van der Waals surface area contributed by atoms with Crippen LogP contribution in [0.1, 0.15) is 22.3 Å². The van der Waals surface area contributed by atoms with Crippen molar-refractivity contribution in [2.45, 2.75) is 18.6 Å². The highest BCUT2D eigenvalue weighted by Gasteiger charge is 2.40. The molecule has 4 rings (SSSR count). The Morgan fingerprint density at radius 1 is 0.935 bits per heavy atom. The molecule has 1 aliphatic rings. The molecule has 1 unspecified atom stereocenters. The number of aromatic hydroxyl groups is 2. The van der Waals surface area contributed by atoms with Gasteiger partial charge in [-0.1, -0.05) is 41.6 Å². The fourth-order valence-corrected chi connectivity index (χ4v) is 4.33. The molecule has 0 bridgehead atoms. The van der Waals surface area contributed by atoms with Gasteiger partial charge in [0.15, 0.2) is 11.0 Å². The van der Waals surface area contributed by atoms with Gasteiger partial charge in [0.25, 0.3) is 0 Å². The number of phenolic OH excluding ortho intramolecular Hbond substituents is 2. The fraction of sp³-hybridized carbons (Fsp3) is 0.125. The van der Waals surface area contributed by atoms with E-state index >= 15 is 0 Å². The summed E-state index contributed by atoms with van der Waals surface area (Å²) in [4.78, 5) is 32.0. The summed E-state index contributed by atoms with van der Waals surface area (Å²) in [6, 6.07) is 19.9. The molecule has 1 heterocycles. The van der Waals surface area contributed by atoms with E-state index in [1.807, 2.05) is 19.1 Å². The van der Waals surface area contributed by atoms with Crippen LogP contribution in [0, 0.1) is 6.92 Å². The van der Waals surface area contributed by atoms with Gasteiger partial charge in [0.1, 0.15) is 11.5 Å². The highest BCUT2D eigenvalue weighted by Crippen LogP contribution is 2.36. The largest absolute Gasteiger partial charge is 0.508 e. The summed E-state index contributed by atoms with van der Waals surface area (Å²) >= 11 is 1.23. The van der Waals surface area contributed by atoms with Crippen molar-refractivity contribution < 1.29 is 19.8 Å². The van der Waals surface area contributed by atoms with Crippen LogP contribution in [0.3, 0.4) is 0 Å². The summed E-state index contributed by atoms with van der Waals surface area (Å²) in [5.41, 5.74) is 2.75. The van der Waals surface area contributed by atoms with Gasteiger partial charge in [0.2, 0.25) is 5.91 Å². The van der Waals surface area contributed by atoms with Crippen LogP contribution in [0.15, 0.2) is 77.8 Å². The maximum atomic E-state index is 13.2. The molecule has 6 nitrogen and oxygen atoms in total. The third-order valence-electron chi connectivity index (χ3n) is 4.86. The van der Waals surface area contributed by atoms with Gasteiger partial charge in [0, 0.05) is 12.0 Å². The van der Waals surface area contributed by atoms with E-state index in [0.717, 1.165) is 5.56 Å². The van der Waals surface area contributed by atoms with Crippen molar-refractivity contribution in [3.8, 4) is 11.5 Å². The van der Waals surface area contributed by atoms with E-state index in [1.54, 1.807) is 36.4 Å². The molecule has 156 valence electrons. The number of anilines is 1. The fourth-order valence-electron chi connectivity index (χ4n) is 3.18. The molecule has 31 heavy (non-hydrogen) atoms. The number of Topliss-reactive ketones (excluding diaryl/α,β-unsaturated/α-hetero) is 1. The number of thioether (sulfide) groups is 1. The van der Waals surface area contributed by atoms with Gasteiger partial charge in [-0.2, -0.15) is 0 Å². The van der Waals surface area contributed by atoms with E-state index in [-0.39, 0.29) is 29.6 Å². The summed E-state index contributed by atoms with van der Waals surface area (Å²) < 4.78 is 0. The van der Waals surface area contributed by atoms with Crippen LogP contribution in [-0.4, -0.2) is 32.3 Å². The second kappa shape index (κ2) is 8.65. The number of amides is 1. The van der Waals surface area contributed by atoms with Gasteiger partial charge < -0.3 is 10.2 Å². The van der Waals surface area contributed by atoms with Crippen LogP contribution in [0.4, 0.5) is 11.4 Å². The zero-order valence-corrected chi connectivity index (χ0v) is 17.5. The highest BCUT2D eigenvalue weighted by atomic mass is 32.2. The van der Waals surface area contributed by atoms with Crippen molar-refractivity contribution in [1.82, 2.24) is 0 Å². The number of carbonyl (C=O) groups is 2. The average molecular weight is 433 g/mol. The van der Waals surface area contributed by atoms with E-state index in [9.17, 15) is 19.8 Å². The lowest BCUT2D eigenvalue weighted by atomic mass is 10.0. The minimum Gasteiger partial charge on any atom is -0.508 e. The van der Waals surface area contributed by atoms with Crippen molar-refractivity contribution >= 4 is 40.0 Å². The van der Waals surface area contributed by atoms with E-state index in [2.05, 4.69) is 4.99 Å². The van der Waals surface area contributed by atoms with E-state index < -0.39 is 5.25 Å². The molecule has 1 saturated heterocycles. The summed E-state index contributed by atoms with van der Waals surface area (Å²) in [6.45, 7) is 1.95. The van der Waals surface area contributed by atoms with Crippen molar-refractivity contribution in [1.29, 1.82) is 0 Å². The number of hydrogen-bond acceptors (Lipinski definition) is 6. The second-order valence-corrected chi connectivity index (χ2v) is 8.37. The molecule has 7 heteroatoms. The Morgan fingerprint density at radius 2 is 1.52 bits per heavy atom. The Morgan fingerprint density at radius 3 is 2.13 bits per heavy atom. The molecular formula is C24H20N2O4S. The minimum atomic E-state index is -0.613. The Bertz CT molecular complexity index is 1140. The van der Waals surface area contributed by atoms with E-state index in [1.165, 1.54) is 40.9 Å². The number of carbonyl (C=O) groups excluding carboxylic acids is 2. The predicted molar refractivity (Wildman–Crippen MR) is 122 cm³/mol. The number of benzene rings is 3. The molecule has 0 aromatic heterocycles. The van der Waals surface area contributed by atoms with Crippen molar-refractivity contribution in [3.05, 3.63) is 83.9 Å². The van der Waals surface area contributed by atoms with Crippen LogP contribution in [0.25, 0.3) is 0 Å². The van der Waals surface area contributed by atoms with E-state index in [4.69, 9.17) is 0 Å². The maximum absolute atomic E-state index is 13.2. The number of ketones is 1. The Hall–Kier alpha value is -3.58. The first-order valence-corrected chi connectivity index (χ1v) is 10.6. The molecule has 1 atom stereocenters. The van der Waals surface area contributed by atoms with Crippen LogP contribution in [0.5, 0.6) is 11.5 Å². The van der Waals surface area contributed by atoms with Gasteiger partial charge in [-0.15, -0.1) is 0 Å². The van der Waals surface area contributed by atoms with Crippen molar-refractivity contribution in [3.63, 3.8) is 0 Å². The highest BCUT2D eigenvalue weighted by molar-refractivity contribution is 8.16. The number of nitrogens with zero attached hydrogens (tertiary/aromatic N) is 2. The number of amidine groups is 1. The average Bonchev–Trinajstić information content (AvgIpc) is 3.05. The molecule has 1 fully saturated rings.